The lowest BCUT2D eigenvalue weighted by molar-refractivity contribution is -0.149. The normalized spacial score (nSPS) is 22.9. The van der Waals surface area contributed by atoms with Crippen molar-refractivity contribution in [1.29, 1.82) is 0 Å². The van der Waals surface area contributed by atoms with E-state index in [0.717, 1.165) is 12.8 Å². The second-order valence-electron chi connectivity index (χ2n) is 5.03. The second-order valence-corrected chi connectivity index (χ2v) is 5.03. The number of ether oxygens (including phenoxy) is 1. The van der Waals surface area contributed by atoms with Gasteiger partial charge < -0.3 is 9.84 Å². The summed E-state index contributed by atoms with van der Waals surface area (Å²) in [6.45, 7) is 0.537. The van der Waals surface area contributed by atoms with Crippen molar-refractivity contribution in [3.8, 4) is 0 Å². The fraction of sp³-hybridized carbons (Fsp3) is 0.467. The van der Waals surface area contributed by atoms with Crippen LogP contribution in [0.1, 0.15) is 42.5 Å². The molecule has 0 saturated carbocycles. The molecule has 0 spiro atoms. The minimum Gasteiger partial charge on any atom is -0.481 e. The number of carbonyl (C=O) groups is 2. The zero-order chi connectivity index (χ0) is 13.7. The van der Waals surface area contributed by atoms with Crippen LogP contribution >= 0.6 is 0 Å². The van der Waals surface area contributed by atoms with Crippen LogP contribution in [0.2, 0.25) is 0 Å². The van der Waals surface area contributed by atoms with E-state index in [1.165, 1.54) is 0 Å². The van der Waals surface area contributed by atoms with Crippen LogP contribution in [0.4, 0.5) is 0 Å². The lowest BCUT2D eigenvalue weighted by Gasteiger charge is -2.35. The van der Waals surface area contributed by atoms with Gasteiger partial charge in [0.1, 0.15) is 0 Å². The molecule has 0 aliphatic carbocycles. The fourth-order valence-corrected chi connectivity index (χ4v) is 2.55. The number of rotatable bonds is 5. The van der Waals surface area contributed by atoms with Gasteiger partial charge in [0.2, 0.25) is 0 Å². The lowest BCUT2D eigenvalue weighted by atomic mass is 9.84. The van der Waals surface area contributed by atoms with Crippen LogP contribution < -0.4 is 0 Å². The standard InChI is InChI=1S/C15H18O4/c16-13(12-6-2-1-3-7-12)10-15(11-14(17)18)8-4-5-9-19-15/h1-3,6-7H,4-5,8-11H2,(H,17,18). The van der Waals surface area contributed by atoms with E-state index in [-0.39, 0.29) is 18.6 Å². The van der Waals surface area contributed by atoms with Gasteiger partial charge in [-0.05, 0) is 19.3 Å². The Bertz CT molecular complexity index is 446. The van der Waals surface area contributed by atoms with Crippen LogP contribution in [0.15, 0.2) is 30.3 Å². The number of aliphatic carboxylic acids is 1. The number of hydrogen-bond acceptors (Lipinski definition) is 3. The molecule has 1 saturated heterocycles. The molecule has 1 heterocycles. The highest BCUT2D eigenvalue weighted by atomic mass is 16.5. The SMILES string of the molecule is O=C(O)CC1(CC(=O)c2ccccc2)CCCCO1. The molecule has 1 fully saturated rings. The van der Waals surface area contributed by atoms with E-state index in [1.54, 1.807) is 24.3 Å². The minimum absolute atomic E-state index is 0.0521. The maximum Gasteiger partial charge on any atom is 0.306 e. The predicted molar refractivity (Wildman–Crippen MR) is 70.2 cm³/mol. The van der Waals surface area contributed by atoms with Gasteiger partial charge in [-0.3, -0.25) is 9.59 Å². The summed E-state index contributed by atoms with van der Waals surface area (Å²) in [7, 11) is 0. The monoisotopic (exact) mass is 262 g/mol. The van der Waals surface area contributed by atoms with Crippen molar-refractivity contribution in [1.82, 2.24) is 0 Å². The van der Waals surface area contributed by atoms with Gasteiger partial charge in [-0.2, -0.15) is 0 Å². The summed E-state index contributed by atoms with van der Waals surface area (Å²) in [6.07, 6.45) is 2.52. The summed E-state index contributed by atoms with van der Waals surface area (Å²) < 4.78 is 5.67. The van der Waals surface area contributed by atoms with Crippen molar-refractivity contribution in [3.05, 3.63) is 35.9 Å². The fourth-order valence-electron chi connectivity index (χ4n) is 2.55. The van der Waals surface area contributed by atoms with E-state index in [2.05, 4.69) is 0 Å². The molecule has 1 atom stereocenters. The number of carbonyl (C=O) groups excluding carboxylic acids is 1. The molecule has 1 aliphatic rings. The van der Waals surface area contributed by atoms with Crippen LogP contribution in [0, 0.1) is 0 Å². The zero-order valence-corrected chi connectivity index (χ0v) is 10.8. The number of benzene rings is 1. The van der Waals surface area contributed by atoms with Crippen LogP contribution in [-0.4, -0.2) is 29.1 Å². The van der Waals surface area contributed by atoms with Crippen molar-refractivity contribution >= 4 is 11.8 Å². The summed E-state index contributed by atoms with van der Waals surface area (Å²) in [5.41, 5.74) is -0.210. The Hall–Kier alpha value is -1.68. The van der Waals surface area contributed by atoms with Gasteiger partial charge in [-0.1, -0.05) is 30.3 Å². The molecule has 0 radical (unpaired) electrons. The molecule has 0 aromatic heterocycles. The molecule has 1 N–H and O–H groups in total. The molecule has 4 nitrogen and oxygen atoms in total. The highest BCUT2D eigenvalue weighted by molar-refractivity contribution is 5.97. The van der Waals surface area contributed by atoms with Crippen LogP contribution in [0.25, 0.3) is 0 Å². The van der Waals surface area contributed by atoms with Gasteiger partial charge in [0.25, 0.3) is 0 Å². The van der Waals surface area contributed by atoms with Crippen molar-refractivity contribution in [2.24, 2.45) is 0 Å². The van der Waals surface area contributed by atoms with Gasteiger partial charge in [0.05, 0.1) is 12.0 Å². The molecule has 1 aliphatic heterocycles. The summed E-state index contributed by atoms with van der Waals surface area (Å²) in [4.78, 5) is 23.2. The lowest BCUT2D eigenvalue weighted by Crippen LogP contribution is -2.40. The number of hydrogen-bond donors (Lipinski definition) is 1. The van der Waals surface area contributed by atoms with Crippen LogP contribution in [0.5, 0.6) is 0 Å². The number of carboxylic acid groups (broad SMARTS) is 1. The van der Waals surface area contributed by atoms with Gasteiger partial charge in [-0.15, -0.1) is 0 Å². The smallest absolute Gasteiger partial charge is 0.306 e. The molecule has 2 rings (SSSR count). The Morgan fingerprint density at radius 3 is 2.47 bits per heavy atom. The first-order valence-electron chi connectivity index (χ1n) is 6.55. The molecule has 4 heteroatoms. The third-order valence-corrected chi connectivity index (χ3v) is 3.49. The van der Waals surface area contributed by atoms with E-state index in [4.69, 9.17) is 9.84 Å². The van der Waals surface area contributed by atoms with Crippen molar-refractivity contribution in [2.75, 3.05) is 6.61 Å². The third kappa shape index (κ3) is 3.64. The van der Waals surface area contributed by atoms with Gasteiger partial charge in [0.15, 0.2) is 5.78 Å². The van der Waals surface area contributed by atoms with E-state index in [0.29, 0.717) is 18.6 Å². The van der Waals surface area contributed by atoms with E-state index >= 15 is 0 Å². The maximum absolute atomic E-state index is 12.2. The number of ketones is 1. The number of carboxylic acids is 1. The molecule has 1 aromatic carbocycles. The third-order valence-electron chi connectivity index (χ3n) is 3.49. The van der Waals surface area contributed by atoms with E-state index < -0.39 is 11.6 Å². The van der Waals surface area contributed by atoms with Crippen molar-refractivity contribution in [3.63, 3.8) is 0 Å². The highest BCUT2D eigenvalue weighted by Crippen LogP contribution is 2.32. The largest absolute Gasteiger partial charge is 0.481 e. The number of Topliss-reactive ketones (excluding diaryl/α,β-unsaturated/α-hetero) is 1. The van der Waals surface area contributed by atoms with Crippen molar-refractivity contribution < 1.29 is 19.4 Å². The molecule has 102 valence electrons. The summed E-state index contributed by atoms with van der Waals surface area (Å²) >= 11 is 0. The maximum atomic E-state index is 12.2. The molecule has 19 heavy (non-hydrogen) atoms. The molecule has 1 aromatic rings. The molecule has 1 unspecified atom stereocenters. The first kappa shape index (κ1) is 13.7. The van der Waals surface area contributed by atoms with Crippen LogP contribution in [-0.2, 0) is 9.53 Å². The van der Waals surface area contributed by atoms with Crippen LogP contribution in [0.3, 0.4) is 0 Å². The Kier molecular flexibility index (Phi) is 4.32. The Labute approximate surface area is 112 Å². The minimum atomic E-state index is -0.914. The molecule has 0 bridgehead atoms. The molecule has 0 amide bonds. The summed E-state index contributed by atoms with van der Waals surface area (Å²) in [6, 6.07) is 8.96. The predicted octanol–water partition coefficient (Wildman–Crippen LogP) is 2.67. The topological polar surface area (TPSA) is 63.6 Å². The van der Waals surface area contributed by atoms with E-state index in [9.17, 15) is 9.59 Å². The molecular formula is C15H18O4. The summed E-state index contributed by atoms with van der Waals surface area (Å²) in [5.74, 6) is -0.966. The average molecular weight is 262 g/mol. The average Bonchev–Trinajstić information content (AvgIpc) is 2.39. The quantitative estimate of drug-likeness (QED) is 0.829. The van der Waals surface area contributed by atoms with Crippen molar-refractivity contribution in [2.45, 2.75) is 37.7 Å². The van der Waals surface area contributed by atoms with Gasteiger partial charge >= 0.3 is 5.97 Å². The summed E-state index contributed by atoms with van der Waals surface area (Å²) in [5, 5.41) is 9.02. The highest BCUT2D eigenvalue weighted by Gasteiger charge is 2.37. The van der Waals surface area contributed by atoms with Gasteiger partial charge in [0, 0.05) is 18.6 Å². The second kappa shape index (κ2) is 5.97. The first-order chi connectivity index (χ1) is 9.11. The Morgan fingerprint density at radius 2 is 1.89 bits per heavy atom. The Morgan fingerprint density at radius 1 is 1.16 bits per heavy atom. The van der Waals surface area contributed by atoms with Gasteiger partial charge in [-0.25, -0.2) is 0 Å². The first-order valence-corrected chi connectivity index (χ1v) is 6.55. The Balaban J connectivity index is 2.11. The zero-order valence-electron chi connectivity index (χ0n) is 10.8. The van der Waals surface area contributed by atoms with E-state index in [1.807, 2.05) is 6.07 Å². The molecular weight excluding hydrogens is 244 g/mol.